The van der Waals surface area contributed by atoms with Crippen molar-refractivity contribution in [1.82, 2.24) is 5.32 Å². The Morgan fingerprint density at radius 3 is 1.71 bits per heavy atom. The lowest BCUT2D eigenvalue weighted by molar-refractivity contribution is 0.525. The fourth-order valence-corrected chi connectivity index (χ4v) is 2.34. The summed E-state index contributed by atoms with van der Waals surface area (Å²) in [5.74, 6) is 0. The SMILES string of the molecule is CC(C)=CC(NC(C)c1ccccc1)c1ccccc1.CCCC. The van der Waals surface area contributed by atoms with Gasteiger partial charge in [-0.3, -0.25) is 0 Å². The maximum Gasteiger partial charge on any atom is 0.0513 e. The summed E-state index contributed by atoms with van der Waals surface area (Å²) in [5, 5.41) is 3.70. The average molecular weight is 324 g/mol. The molecule has 24 heavy (non-hydrogen) atoms. The van der Waals surface area contributed by atoms with Crippen molar-refractivity contribution in [3.05, 3.63) is 83.4 Å². The zero-order chi connectivity index (χ0) is 17.8. The van der Waals surface area contributed by atoms with Gasteiger partial charge in [0.25, 0.3) is 0 Å². The van der Waals surface area contributed by atoms with Gasteiger partial charge in [0.15, 0.2) is 0 Å². The van der Waals surface area contributed by atoms with Crippen LogP contribution in [0.2, 0.25) is 0 Å². The van der Waals surface area contributed by atoms with Gasteiger partial charge < -0.3 is 5.32 Å². The van der Waals surface area contributed by atoms with E-state index in [1.807, 2.05) is 0 Å². The molecule has 0 spiro atoms. The molecule has 2 unspecified atom stereocenters. The van der Waals surface area contributed by atoms with Crippen LogP contribution in [-0.4, -0.2) is 0 Å². The fraction of sp³-hybridized carbons (Fsp3) is 0.391. The predicted octanol–water partition coefficient (Wildman–Crippen LogP) is 6.85. The highest BCUT2D eigenvalue weighted by molar-refractivity contribution is 5.26. The van der Waals surface area contributed by atoms with Gasteiger partial charge in [0.05, 0.1) is 6.04 Å². The monoisotopic (exact) mass is 323 g/mol. The Labute approximate surface area is 148 Å². The zero-order valence-electron chi connectivity index (χ0n) is 15.9. The van der Waals surface area contributed by atoms with E-state index in [1.165, 1.54) is 29.5 Å². The zero-order valence-corrected chi connectivity index (χ0v) is 15.9. The number of unbranched alkanes of at least 4 members (excludes halogenated alkanes) is 1. The van der Waals surface area contributed by atoms with E-state index in [-0.39, 0.29) is 6.04 Å². The van der Waals surface area contributed by atoms with Gasteiger partial charge in [0.1, 0.15) is 0 Å². The second-order valence-corrected chi connectivity index (χ2v) is 6.43. The quantitative estimate of drug-likeness (QED) is 0.573. The van der Waals surface area contributed by atoms with Gasteiger partial charge in [-0.25, -0.2) is 0 Å². The highest BCUT2D eigenvalue weighted by atomic mass is 14.9. The molecule has 2 rings (SSSR count). The fourth-order valence-electron chi connectivity index (χ4n) is 2.34. The van der Waals surface area contributed by atoms with Crippen LogP contribution in [0.15, 0.2) is 72.3 Å². The van der Waals surface area contributed by atoms with E-state index in [1.54, 1.807) is 0 Å². The molecule has 0 saturated heterocycles. The van der Waals surface area contributed by atoms with Crippen LogP contribution in [0.25, 0.3) is 0 Å². The third-order valence-corrected chi connectivity index (χ3v) is 3.89. The van der Waals surface area contributed by atoms with Crippen molar-refractivity contribution in [2.45, 2.75) is 59.5 Å². The summed E-state index contributed by atoms with van der Waals surface area (Å²) < 4.78 is 0. The third kappa shape index (κ3) is 7.61. The first-order valence-electron chi connectivity index (χ1n) is 9.09. The summed E-state index contributed by atoms with van der Waals surface area (Å²) in [4.78, 5) is 0. The first kappa shape index (κ1) is 20.2. The minimum Gasteiger partial charge on any atom is -0.300 e. The maximum absolute atomic E-state index is 3.70. The van der Waals surface area contributed by atoms with Crippen molar-refractivity contribution in [3.63, 3.8) is 0 Å². The minimum atomic E-state index is 0.247. The van der Waals surface area contributed by atoms with Crippen molar-refractivity contribution < 1.29 is 0 Å². The number of hydrogen-bond acceptors (Lipinski definition) is 1. The Hall–Kier alpha value is -1.86. The lowest BCUT2D eigenvalue weighted by Gasteiger charge is -2.22. The molecular formula is C23H33N. The summed E-state index contributed by atoms with van der Waals surface area (Å²) in [6.07, 6.45) is 4.93. The number of benzene rings is 2. The van der Waals surface area contributed by atoms with Crippen LogP contribution in [0.1, 0.15) is 70.7 Å². The van der Waals surface area contributed by atoms with Gasteiger partial charge in [-0.1, -0.05) is 99.0 Å². The van der Waals surface area contributed by atoms with E-state index in [0.29, 0.717) is 6.04 Å². The smallest absolute Gasteiger partial charge is 0.0513 e. The predicted molar refractivity (Wildman–Crippen MR) is 107 cm³/mol. The van der Waals surface area contributed by atoms with Crippen molar-refractivity contribution in [2.75, 3.05) is 0 Å². The number of hydrogen-bond donors (Lipinski definition) is 1. The Bertz CT molecular complexity index is 565. The molecule has 0 saturated carbocycles. The summed E-state index contributed by atoms with van der Waals surface area (Å²) >= 11 is 0. The molecule has 1 nitrogen and oxygen atoms in total. The Balaban J connectivity index is 0.000000648. The summed E-state index contributed by atoms with van der Waals surface area (Å²) in [5.41, 5.74) is 3.94. The Morgan fingerprint density at radius 1 is 0.833 bits per heavy atom. The first-order chi connectivity index (χ1) is 11.6. The highest BCUT2D eigenvalue weighted by Crippen LogP contribution is 2.21. The largest absolute Gasteiger partial charge is 0.300 e. The molecule has 0 aliphatic rings. The van der Waals surface area contributed by atoms with E-state index in [9.17, 15) is 0 Å². The van der Waals surface area contributed by atoms with Crippen LogP contribution in [-0.2, 0) is 0 Å². The molecule has 2 aromatic rings. The topological polar surface area (TPSA) is 12.0 Å². The van der Waals surface area contributed by atoms with Crippen molar-refractivity contribution in [3.8, 4) is 0 Å². The van der Waals surface area contributed by atoms with Crippen LogP contribution >= 0.6 is 0 Å². The number of allylic oxidation sites excluding steroid dienone is 1. The first-order valence-corrected chi connectivity index (χ1v) is 9.09. The van der Waals surface area contributed by atoms with E-state index >= 15 is 0 Å². The second-order valence-electron chi connectivity index (χ2n) is 6.43. The molecule has 130 valence electrons. The highest BCUT2D eigenvalue weighted by Gasteiger charge is 2.12. The number of nitrogens with one attached hydrogen (secondary N) is 1. The van der Waals surface area contributed by atoms with Crippen molar-refractivity contribution in [2.24, 2.45) is 0 Å². The molecule has 0 aliphatic heterocycles. The molecule has 0 aliphatic carbocycles. The lowest BCUT2D eigenvalue weighted by atomic mass is 10.0. The normalized spacial score (nSPS) is 12.5. The number of rotatable bonds is 6. The minimum absolute atomic E-state index is 0.247. The van der Waals surface area contributed by atoms with E-state index in [2.05, 4.69) is 107 Å². The van der Waals surface area contributed by atoms with Crippen molar-refractivity contribution in [1.29, 1.82) is 0 Å². The van der Waals surface area contributed by atoms with Gasteiger partial charge in [0.2, 0.25) is 0 Å². The van der Waals surface area contributed by atoms with Gasteiger partial charge in [0, 0.05) is 6.04 Å². The molecule has 0 heterocycles. The molecule has 2 aromatic carbocycles. The summed E-state index contributed by atoms with van der Waals surface area (Å²) in [6, 6.07) is 21.7. The lowest BCUT2D eigenvalue weighted by Crippen LogP contribution is -2.23. The molecule has 2 atom stereocenters. The van der Waals surface area contributed by atoms with Gasteiger partial charge >= 0.3 is 0 Å². The molecule has 0 bridgehead atoms. The van der Waals surface area contributed by atoms with E-state index in [0.717, 1.165) is 0 Å². The molecule has 0 fully saturated rings. The molecule has 1 heteroatoms. The average Bonchev–Trinajstić information content (AvgIpc) is 2.62. The van der Waals surface area contributed by atoms with Crippen LogP contribution < -0.4 is 5.32 Å². The van der Waals surface area contributed by atoms with Crippen molar-refractivity contribution >= 4 is 0 Å². The standard InChI is InChI=1S/C19H23N.C4H10/c1-15(2)14-19(18-12-8-5-9-13-18)20-16(3)17-10-6-4-7-11-17;1-3-4-2/h4-14,16,19-20H,1-3H3;3-4H2,1-2H3. The van der Waals surface area contributed by atoms with Crippen LogP contribution in [0.5, 0.6) is 0 Å². The van der Waals surface area contributed by atoms with Gasteiger partial charge in [-0.15, -0.1) is 0 Å². The van der Waals surface area contributed by atoms with Crippen LogP contribution in [0, 0.1) is 0 Å². The van der Waals surface area contributed by atoms with E-state index in [4.69, 9.17) is 0 Å². The Kier molecular flexibility index (Phi) is 9.79. The molecule has 0 aromatic heterocycles. The Morgan fingerprint density at radius 2 is 1.29 bits per heavy atom. The third-order valence-electron chi connectivity index (χ3n) is 3.89. The molecule has 0 radical (unpaired) electrons. The molecular weight excluding hydrogens is 290 g/mol. The van der Waals surface area contributed by atoms with Gasteiger partial charge in [-0.05, 0) is 31.9 Å². The molecule has 1 N–H and O–H groups in total. The van der Waals surface area contributed by atoms with E-state index < -0.39 is 0 Å². The van der Waals surface area contributed by atoms with Crippen LogP contribution in [0.3, 0.4) is 0 Å². The summed E-state index contributed by atoms with van der Waals surface area (Å²) in [6.45, 7) is 10.9. The summed E-state index contributed by atoms with van der Waals surface area (Å²) in [7, 11) is 0. The van der Waals surface area contributed by atoms with Crippen LogP contribution in [0.4, 0.5) is 0 Å². The molecule has 0 amide bonds. The van der Waals surface area contributed by atoms with Gasteiger partial charge in [-0.2, -0.15) is 0 Å². The maximum atomic E-state index is 3.70. The second kappa shape index (κ2) is 11.6.